The van der Waals surface area contributed by atoms with Gasteiger partial charge in [-0.05, 0) is 72.9 Å². The maximum Gasteiger partial charge on any atom is 0.244 e. The van der Waals surface area contributed by atoms with Crippen LogP contribution in [0.4, 0.5) is 11.4 Å². The molecule has 0 fully saturated rings. The molecule has 1 N–H and O–H groups in total. The van der Waals surface area contributed by atoms with Crippen LogP contribution in [0.15, 0.2) is 65.6 Å². The maximum absolute atomic E-state index is 13.4. The van der Waals surface area contributed by atoms with Crippen LogP contribution in [-0.4, -0.2) is 42.7 Å². The zero-order chi connectivity index (χ0) is 24.5. The summed E-state index contributed by atoms with van der Waals surface area (Å²) in [6.45, 7) is 4.94. The molecule has 1 aliphatic rings. The van der Waals surface area contributed by atoms with Crippen molar-refractivity contribution in [1.29, 1.82) is 0 Å². The molecule has 0 radical (unpaired) electrons. The van der Waals surface area contributed by atoms with Gasteiger partial charge in [0.15, 0.2) is 0 Å². The highest BCUT2D eigenvalue weighted by Crippen LogP contribution is 2.36. The summed E-state index contributed by atoms with van der Waals surface area (Å²) >= 11 is 0. The van der Waals surface area contributed by atoms with Crippen molar-refractivity contribution in [3.8, 4) is 5.75 Å². The van der Waals surface area contributed by atoms with Crippen LogP contribution in [0.3, 0.4) is 0 Å². The number of aryl methyl sites for hydroxylation is 2. The second-order valence-corrected chi connectivity index (χ2v) is 10.7. The van der Waals surface area contributed by atoms with Crippen molar-refractivity contribution in [2.45, 2.75) is 31.2 Å². The average molecular weight is 480 g/mol. The Balaban J connectivity index is 1.67. The number of para-hydroxylation sites is 1. The summed E-state index contributed by atoms with van der Waals surface area (Å²) in [6, 6.07) is 20.0. The number of hydrogen-bond donors (Lipinski definition) is 1. The average Bonchev–Trinajstić information content (AvgIpc) is 3.25. The molecule has 1 atom stereocenters. The zero-order valence-corrected chi connectivity index (χ0v) is 21.3. The first-order chi connectivity index (χ1) is 16.2. The van der Waals surface area contributed by atoms with E-state index in [0.717, 1.165) is 41.0 Å². The predicted octanol–water partition coefficient (Wildman–Crippen LogP) is 4.46. The summed E-state index contributed by atoms with van der Waals surface area (Å²) < 4.78 is 35.1. The zero-order valence-electron chi connectivity index (χ0n) is 20.5. The molecule has 0 unspecified atom stereocenters. The fourth-order valence-corrected chi connectivity index (χ4v) is 5.76. The minimum absolute atomic E-state index is 0.146. The molecule has 0 aromatic heterocycles. The fraction of sp³-hybridized carbons (Fsp3) is 0.333. The van der Waals surface area contributed by atoms with E-state index in [9.17, 15) is 8.42 Å². The lowest BCUT2D eigenvalue weighted by Crippen LogP contribution is -2.37. The normalized spacial score (nSPS) is 14.1. The van der Waals surface area contributed by atoms with E-state index in [-0.39, 0.29) is 17.5 Å². The van der Waals surface area contributed by atoms with Crippen LogP contribution < -0.4 is 19.3 Å². The van der Waals surface area contributed by atoms with Gasteiger partial charge in [-0.3, -0.25) is 0 Å². The van der Waals surface area contributed by atoms with Gasteiger partial charge in [0.25, 0.3) is 0 Å². The second kappa shape index (κ2) is 9.68. The quantitative estimate of drug-likeness (QED) is 0.517. The number of fused-ring (bicyclic) bond motifs is 1. The Morgan fingerprint density at radius 1 is 1.03 bits per heavy atom. The van der Waals surface area contributed by atoms with E-state index in [4.69, 9.17) is 4.74 Å². The van der Waals surface area contributed by atoms with E-state index in [1.807, 2.05) is 34.0 Å². The topological polar surface area (TPSA) is 61.9 Å². The Morgan fingerprint density at radius 3 is 2.38 bits per heavy atom. The molecule has 180 valence electrons. The number of benzene rings is 3. The molecule has 34 heavy (non-hydrogen) atoms. The number of sulfonamides is 1. The van der Waals surface area contributed by atoms with E-state index in [1.165, 1.54) is 12.7 Å². The SMILES string of the molecule is COc1cc(C)c(C)cc1S(=O)(=O)NC[C@H](c1ccc(N(C)C)cc1)N1CCc2ccccc21. The Hall–Kier alpha value is -3.03. The lowest BCUT2D eigenvalue weighted by atomic mass is 10.0. The lowest BCUT2D eigenvalue weighted by Gasteiger charge is -2.31. The summed E-state index contributed by atoms with van der Waals surface area (Å²) in [4.78, 5) is 4.53. The summed E-state index contributed by atoms with van der Waals surface area (Å²) in [7, 11) is 1.73. The largest absolute Gasteiger partial charge is 0.495 e. The van der Waals surface area contributed by atoms with Crippen molar-refractivity contribution in [3.05, 3.63) is 82.9 Å². The highest BCUT2D eigenvalue weighted by Gasteiger charge is 2.29. The number of anilines is 2. The van der Waals surface area contributed by atoms with Crippen molar-refractivity contribution >= 4 is 21.4 Å². The van der Waals surface area contributed by atoms with E-state index in [0.29, 0.717) is 5.75 Å². The molecule has 1 aliphatic heterocycles. The van der Waals surface area contributed by atoms with Gasteiger partial charge in [-0.25, -0.2) is 13.1 Å². The Bertz CT molecular complexity index is 1270. The first kappa shape index (κ1) is 24.1. The van der Waals surface area contributed by atoms with Gasteiger partial charge in [-0.1, -0.05) is 30.3 Å². The summed E-state index contributed by atoms with van der Waals surface area (Å²) in [5.41, 5.74) is 6.51. The van der Waals surface area contributed by atoms with Gasteiger partial charge in [-0.2, -0.15) is 0 Å². The molecule has 0 saturated carbocycles. The minimum atomic E-state index is -3.78. The van der Waals surface area contributed by atoms with Crippen molar-refractivity contribution in [2.24, 2.45) is 0 Å². The van der Waals surface area contributed by atoms with Crippen LogP contribution in [0, 0.1) is 13.8 Å². The third kappa shape index (κ3) is 4.76. The van der Waals surface area contributed by atoms with Gasteiger partial charge < -0.3 is 14.5 Å². The van der Waals surface area contributed by atoms with Crippen LogP contribution in [0.2, 0.25) is 0 Å². The first-order valence-electron chi connectivity index (χ1n) is 11.5. The van der Waals surface area contributed by atoms with E-state index in [1.54, 1.807) is 12.1 Å². The molecular weight excluding hydrogens is 446 g/mol. The molecule has 0 amide bonds. The molecule has 1 heterocycles. The summed E-state index contributed by atoms with van der Waals surface area (Å²) in [5.74, 6) is 0.356. The number of methoxy groups -OCH3 is 1. The van der Waals surface area contributed by atoms with Gasteiger partial charge in [0.2, 0.25) is 10.0 Å². The highest BCUT2D eigenvalue weighted by molar-refractivity contribution is 7.89. The minimum Gasteiger partial charge on any atom is -0.495 e. The molecule has 7 heteroatoms. The Kier molecular flexibility index (Phi) is 6.86. The van der Waals surface area contributed by atoms with Gasteiger partial charge in [0.1, 0.15) is 10.6 Å². The van der Waals surface area contributed by atoms with Crippen molar-refractivity contribution in [2.75, 3.05) is 44.1 Å². The van der Waals surface area contributed by atoms with E-state index < -0.39 is 10.0 Å². The molecule has 0 bridgehead atoms. The van der Waals surface area contributed by atoms with Gasteiger partial charge >= 0.3 is 0 Å². The smallest absolute Gasteiger partial charge is 0.244 e. The second-order valence-electron chi connectivity index (χ2n) is 9.01. The monoisotopic (exact) mass is 479 g/mol. The molecule has 6 nitrogen and oxygen atoms in total. The standard InChI is InChI=1S/C27H33N3O3S/c1-19-16-26(33-5)27(17-20(19)2)34(31,32)28-18-25(22-10-12-23(13-11-22)29(3)4)30-15-14-21-8-6-7-9-24(21)30/h6-13,16-17,25,28H,14-15,18H2,1-5H3/t25-/m1/s1. The fourth-order valence-electron chi connectivity index (χ4n) is 4.49. The predicted molar refractivity (Wildman–Crippen MR) is 139 cm³/mol. The third-order valence-electron chi connectivity index (χ3n) is 6.63. The molecule has 3 aromatic rings. The van der Waals surface area contributed by atoms with E-state index >= 15 is 0 Å². The van der Waals surface area contributed by atoms with Crippen LogP contribution in [-0.2, 0) is 16.4 Å². The number of nitrogens with zero attached hydrogens (tertiary/aromatic N) is 2. The van der Waals surface area contributed by atoms with Crippen LogP contribution >= 0.6 is 0 Å². The number of rotatable bonds is 8. The molecule has 0 aliphatic carbocycles. The summed E-state index contributed by atoms with van der Waals surface area (Å²) in [6.07, 6.45) is 0.945. The Morgan fingerprint density at radius 2 is 1.71 bits per heavy atom. The number of hydrogen-bond acceptors (Lipinski definition) is 5. The lowest BCUT2D eigenvalue weighted by molar-refractivity contribution is 0.401. The van der Waals surface area contributed by atoms with Gasteiger partial charge in [0.05, 0.1) is 13.2 Å². The van der Waals surface area contributed by atoms with Crippen molar-refractivity contribution in [1.82, 2.24) is 4.72 Å². The maximum atomic E-state index is 13.4. The molecule has 0 spiro atoms. The third-order valence-corrected chi connectivity index (χ3v) is 8.07. The van der Waals surface area contributed by atoms with Gasteiger partial charge in [0, 0.05) is 38.6 Å². The first-order valence-corrected chi connectivity index (χ1v) is 13.0. The molecule has 0 saturated heterocycles. The number of nitrogens with one attached hydrogen (secondary N) is 1. The van der Waals surface area contributed by atoms with Crippen molar-refractivity contribution in [3.63, 3.8) is 0 Å². The van der Waals surface area contributed by atoms with Crippen LogP contribution in [0.25, 0.3) is 0 Å². The highest BCUT2D eigenvalue weighted by atomic mass is 32.2. The van der Waals surface area contributed by atoms with Gasteiger partial charge in [-0.15, -0.1) is 0 Å². The summed E-state index contributed by atoms with van der Waals surface area (Å²) in [5, 5.41) is 0. The number of ether oxygens (including phenoxy) is 1. The molecule has 3 aromatic carbocycles. The Labute approximate surface area is 203 Å². The molecule has 4 rings (SSSR count). The molecular formula is C27H33N3O3S. The van der Waals surface area contributed by atoms with Crippen LogP contribution in [0.5, 0.6) is 5.75 Å². The van der Waals surface area contributed by atoms with Crippen LogP contribution in [0.1, 0.15) is 28.3 Å². The van der Waals surface area contributed by atoms with Crippen molar-refractivity contribution < 1.29 is 13.2 Å². The van der Waals surface area contributed by atoms with E-state index in [2.05, 4.69) is 57.0 Å².